The van der Waals surface area contributed by atoms with E-state index in [1.54, 1.807) is 32.4 Å². The summed E-state index contributed by atoms with van der Waals surface area (Å²) < 4.78 is 21.5. The summed E-state index contributed by atoms with van der Waals surface area (Å²) in [6.45, 7) is 7.72. The lowest BCUT2D eigenvalue weighted by atomic mass is 9.93. The summed E-state index contributed by atoms with van der Waals surface area (Å²) in [5.41, 5.74) is 9.00. The number of aromatic nitrogens is 1. The Balaban J connectivity index is 0.000000315. The zero-order valence-corrected chi connectivity index (χ0v) is 28.4. The Labute approximate surface area is 274 Å². The van der Waals surface area contributed by atoms with Crippen LogP contribution in [0.25, 0.3) is 10.9 Å². The number of aldehydes is 2. The molecule has 5 atom stereocenters. The summed E-state index contributed by atoms with van der Waals surface area (Å²) in [4.78, 5) is 36.4. The highest BCUT2D eigenvalue weighted by molar-refractivity contribution is 5.91. The molecule has 3 aromatic rings. The highest BCUT2D eigenvalue weighted by Gasteiger charge is 2.28. The molecule has 0 radical (unpaired) electrons. The number of likely N-dealkylation sites (N-methyl/N-ethyl adjacent to an activating group) is 1. The van der Waals surface area contributed by atoms with E-state index in [2.05, 4.69) is 59.5 Å². The number of amides is 1. The highest BCUT2D eigenvalue weighted by atomic mass is 19.1. The lowest BCUT2D eigenvalue weighted by Crippen LogP contribution is -2.24. The first-order valence-electron chi connectivity index (χ1n) is 16.0. The van der Waals surface area contributed by atoms with Gasteiger partial charge in [-0.3, -0.25) is 9.59 Å². The quantitative estimate of drug-likeness (QED) is 0.174. The second-order valence-corrected chi connectivity index (χ2v) is 11.6. The summed E-state index contributed by atoms with van der Waals surface area (Å²) >= 11 is 0. The van der Waals surface area contributed by atoms with E-state index in [4.69, 9.17) is 15.2 Å². The van der Waals surface area contributed by atoms with Crippen molar-refractivity contribution >= 4 is 35.6 Å². The molecule has 0 spiro atoms. The van der Waals surface area contributed by atoms with Crippen LogP contribution in [0.2, 0.25) is 0 Å². The number of halogens is 1. The highest BCUT2D eigenvalue weighted by Crippen LogP contribution is 2.31. The first kappa shape index (κ1) is 40.6. The van der Waals surface area contributed by atoms with Crippen molar-refractivity contribution in [3.05, 3.63) is 65.9 Å². The number of ether oxygens (including phenoxy) is 2. The van der Waals surface area contributed by atoms with Gasteiger partial charge in [0.25, 0.3) is 0 Å². The van der Waals surface area contributed by atoms with Gasteiger partial charge in [-0.1, -0.05) is 43.7 Å². The van der Waals surface area contributed by atoms with Gasteiger partial charge in [0, 0.05) is 54.7 Å². The number of carbonyl (C=O) groups excluding carboxylic acids is 3. The van der Waals surface area contributed by atoms with Crippen LogP contribution in [-0.4, -0.2) is 88.1 Å². The number of nitrogens with one attached hydrogen (secondary N) is 2. The molecule has 46 heavy (non-hydrogen) atoms. The largest absolute Gasteiger partial charge is 0.382 e. The smallest absolute Gasteiger partial charge is 0.211 e. The van der Waals surface area contributed by atoms with Crippen LogP contribution in [0.1, 0.15) is 74.8 Å². The molecule has 1 aromatic heterocycles. The van der Waals surface area contributed by atoms with E-state index in [9.17, 15) is 18.8 Å². The molecule has 1 aliphatic rings. The van der Waals surface area contributed by atoms with E-state index in [-0.39, 0.29) is 18.1 Å². The third-order valence-electron chi connectivity index (χ3n) is 8.16. The Kier molecular flexibility index (Phi) is 21.0. The number of methoxy groups -OCH3 is 2. The van der Waals surface area contributed by atoms with Gasteiger partial charge in [0.2, 0.25) is 6.41 Å². The summed E-state index contributed by atoms with van der Waals surface area (Å²) in [6, 6.07) is 18.3. The standard InChI is InChI=1S/C12H17N.C10H8N2O2.C9H18FNO.C5H12O2/c1-10-12(8-9-13(10)2)11-6-4-3-5-7-11;13-5-9-4-7-3-8(11-6-14)1-2-10(7)12-9;1-2-8(7-12)4-3-5-9(11)6-10;1-5(7-3)4-6-2/h3-7,10,12H,8-9H2,1-2H3;1-6,12H,(H,11,14);7-9H,2-6,11H2,1H3;5H,4H2,1-3H3/t10?,12-;;;/m0.../s1. The average molecular weight is 643 g/mol. The van der Waals surface area contributed by atoms with Crippen LogP contribution in [0.15, 0.2) is 54.6 Å². The number of fused-ring (bicyclic) bond motifs is 1. The maximum absolute atomic E-state index is 11.9. The summed E-state index contributed by atoms with van der Waals surface area (Å²) in [7, 11) is 5.55. The van der Waals surface area contributed by atoms with Crippen molar-refractivity contribution in [3.63, 3.8) is 0 Å². The third-order valence-corrected chi connectivity index (χ3v) is 8.16. The number of benzene rings is 2. The number of H-pyrrole nitrogens is 1. The molecule has 4 unspecified atom stereocenters. The fourth-order valence-corrected chi connectivity index (χ4v) is 5.01. The molecule has 1 aliphatic heterocycles. The topological polar surface area (TPSA) is 127 Å². The number of carbonyl (C=O) groups is 3. The molecule has 1 amide bonds. The van der Waals surface area contributed by atoms with E-state index in [1.807, 2.05) is 19.9 Å². The Bertz CT molecular complexity index is 1240. The molecule has 0 bridgehead atoms. The molecule has 4 rings (SSSR count). The molecular weight excluding hydrogens is 587 g/mol. The fraction of sp³-hybridized carbons (Fsp3) is 0.528. The van der Waals surface area contributed by atoms with Crippen LogP contribution >= 0.6 is 0 Å². The van der Waals surface area contributed by atoms with Crippen molar-refractivity contribution in [2.24, 2.45) is 11.7 Å². The number of anilines is 1. The molecule has 2 aromatic carbocycles. The van der Waals surface area contributed by atoms with E-state index in [1.165, 1.54) is 18.5 Å². The number of hydrogen-bond donors (Lipinski definition) is 3. The van der Waals surface area contributed by atoms with Gasteiger partial charge in [0.1, 0.15) is 13.0 Å². The van der Waals surface area contributed by atoms with Crippen molar-refractivity contribution < 1.29 is 28.2 Å². The van der Waals surface area contributed by atoms with Crippen LogP contribution in [0.3, 0.4) is 0 Å². The van der Waals surface area contributed by atoms with Crippen LogP contribution in [0.4, 0.5) is 10.1 Å². The van der Waals surface area contributed by atoms with Gasteiger partial charge in [0.15, 0.2) is 6.29 Å². The average Bonchev–Trinajstić information content (AvgIpc) is 3.66. The Hall–Kier alpha value is -3.44. The van der Waals surface area contributed by atoms with Gasteiger partial charge >= 0.3 is 0 Å². The molecule has 1 saturated heterocycles. The van der Waals surface area contributed by atoms with Gasteiger partial charge in [-0.2, -0.15) is 0 Å². The summed E-state index contributed by atoms with van der Waals surface area (Å²) in [5.74, 6) is 0.878. The van der Waals surface area contributed by atoms with Crippen molar-refractivity contribution in [2.45, 2.75) is 77.0 Å². The number of nitrogens with zero attached hydrogens (tertiary/aromatic N) is 1. The van der Waals surface area contributed by atoms with Crippen LogP contribution in [0.5, 0.6) is 0 Å². The number of aromatic amines is 1. The fourth-order valence-electron chi connectivity index (χ4n) is 5.01. The Morgan fingerprint density at radius 2 is 1.83 bits per heavy atom. The van der Waals surface area contributed by atoms with Crippen LogP contribution in [-0.2, 0) is 19.1 Å². The summed E-state index contributed by atoms with van der Waals surface area (Å²) in [5, 5.41) is 3.45. The molecule has 0 saturated carbocycles. The van der Waals surface area contributed by atoms with Crippen molar-refractivity contribution in [1.29, 1.82) is 0 Å². The maximum Gasteiger partial charge on any atom is 0.211 e. The Morgan fingerprint density at radius 1 is 1.11 bits per heavy atom. The number of nitrogens with two attached hydrogens (primary N) is 1. The molecule has 1 fully saturated rings. The van der Waals surface area contributed by atoms with Gasteiger partial charge in [0.05, 0.1) is 18.4 Å². The van der Waals surface area contributed by atoms with Crippen LogP contribution in [0, 0.1) is 5.92 Å². The molecule has 0 aliphatic carbocycles. The lowest BCUT2D eigenvalue weighted by molar-refractivity contribution is -0.111. The summed E-state index contributed by atoms with van der Waals surface area (Å²) in [6.07, 6.45) is 7.12. The number of hydrogen-bond acceptors (Lipinski definition) is 7. The zero-order chi connectivity index (χ0) is 34.3. The number of alkyl halides is 1. The minimum atomic E-state index is -0.460. The van der Waals surface area contributed by atoms with Crippen LogP contribution < -0.4 is 11.1 Å². The van der Waals surface area contributed by atoms with Crippen molar-refractivity contribution in [3.8, 4) is 0 Å². The zero-order valence-electron chi connectivity index (χ0n) is 28.4. The van der Waals surface area contributed by atoms with Gasteiger partial charge < -0.3 is 35.2 Å². The predicted molar refractivity (Wildman–Crippen MR) is 185 cm³/mol. The predicted octanol–water partition coefficient (Wildman–Crippen LogP) is 6.39. The molecular formula is C36H55FN4O5. The van der Waals surface area contributed by atoms with Gasteiger partial charge in [-0.25, -0.2) is 4.39 Å². The number of rotatable bonds is 14. The molecule has 10 heteroatoms. The maximum atomic E-state index is 11.9. The first-order valence-corrected chi connectivity index (χ1v) is 16.0. The monoisotopic (exact) mass is 642 g/mol. The first-order chi connectivity index (χ1) is 22.2. The minimum Gasteiger partial charge on any atom is -0.382 e. The third kappa shape index (κ3) is 15.2. The van der Waals surface area contributed by atoms with E-state index < -0.39 is 6.67 Å². The second kappa shape index (κ2) is 23.8. The van der Waals surface area contributed by atoms with E-state index in [0.717, 1.165) is 48.7 Å². The second-order valence-electron chi connectivity index (χ2n) is 11.6. The minimum absolute atomic E-state index is 0.136. The van der Waals surface area contributed by atoms with E-state index in [0.29, 0.717) is 36.9 Å². The van der Waals surface area contributed by atoms with Crippen molar-refractivity contribution in [2.75, 3.05) is 46.4 Å². The van der Waals surface area contributed by atoms with Gasteiger partial charge in [-0.15, -0.1) is 0 Å². The van der Waals surface area contributed by atoms with Gasteiger partial charge in [-0.05, 0) is 83.0 Å². The molecule has 9 nitrogen and oxygen atoms in total. The van der Waals surface area contributed by atoms with Crippen molar-refractivity contribution in [1.82, 2.24) is 9.88 Å². The lowest BCUT2D eigenvalue weighted by Gasteiger charge is -2.20. The SMILES string of the molecule is CC1[C@@H](c2ccccc2)CCN1C.CCC(C=O)CCCC(N)CF.COCC(C)OC.O=CNc1ccc2[nH]c(C=O)cc2c1. The molecule has 4 N–H and O–H groups in total. The Morgan fingerprint density at radius 3 is 2.33 bits per heavy atom. The number of likely N-dealkylation sites (tertiary alicyclic amines) is 1. The molecule has 2 heterocycles. The van der Waals surface area contributed by atoms with E-state index >= 15 is 0 Å². The molecule has 256 valence electrons. The normalized spacial score (nSPS) is 17.6.